The molecule has 0 spiro atoms. The van der Waals surface area contributed by atoms with Gasteiger partial charge in [-0.05, 0) is 32.9 Å². The van der Waals surface area contributed by atoms with E-state index in [1.807, 2.05) is 20.8 Å². The molecule has 1 amide bonds. The molecule has 8 nitrogen and oxygen atoms in total. The second-order valence-corrected chi connectivity index (χ2v) is 5.67. The lowest BCUT2D eigenvalue weighted by molar-refractivity contribution is 0.0962. The van der Waals surface area contributed by atoms with Crippen LogP contribution in [-0.2, 0) is 0 Å². The summed E-state index contributed by atoms with van der Waals surface area (Å²) in [5, 5.41) is 3.17. The zero-order valence-corrected chi connectivity index (χ0v) is 12.7. The Labute approximate surface area is 128 Å². The maximum Gasteiger partial charge on any atom is 0.269 e. The fourth-order valence-corrected chi connectivity index (χ4v) is 1.64. The molecule has 0 bridgehead atoms. The van der Waals surface area contributed by atoms with Crippen molar-refractivity contribution in [2.75, 3.05) is 16.5 Å². The summed E-state index contributed by atoms with van der Waals surface area (Å²) in [6.07, 6.45) is 4.45. The van der Waals surface area contributed by atoms with Crippen LogP contribution in [0.25, 0.3) is 0 Å². The Morgan fingerprint density at radius 3 is 2.41 bits per heavy atom. The Bertz CT molecular complexity index is 652. The van der Waals surface area contributed by atoms with Gasteiger partial charge in [-0.2, -0.15) is 0 Å². The van der Waals surface area contributed by atoms with Crippen molar-refractivity contribution in [2.45, 2.75) is 26.3 Å². The third-order valence-corrected chi connectivity index (χ3v) is 2.61. The molecule has 0 aliphatic heterocycles. The lowest BCUT2D eigenvalue weighted by Gasteiger charge is -2.22. The fraction of sp³-hybridized carbons (Fsp3) is 0.286. The molecular formula is C14H19N7O. The van der Waals surface area contributed by atoms with Crippen LogP contribution in [-0.4, -0.2) is 26.4 Å². The molecule has 2 aromatic rings. The Hall–Kier alpha value is -2.90. The number of nitrogens with one attached hydrogen (secondary N) is 3. The lowest BCUT2D eigenvalue weighted by Crippen LogP contribution is -2.31. The molecule has 0 atom stereocenters. The van der Waals surface area contributed by atoms with Crippen LogP contribution in [0.1, 0.15) is 31.1 Å². The van der Waals surface area contributed by atoms with E-state index < -0.39 is 0 Å². The molecule has 5 N–H and O–H groups in total. The maximum absolute atomic E-state index is 11.9. The average Bonchev–Trinajstić information content (AvgIpc) is 2.47. The van der Waals surface area contributed by atoms with Gasteiger partial charge in [0.25, 0.3) is 5.91 Å². The van der Waals surface area contributed by atoms with Gasteiger partial charge in [-0.25, -0.2) is 9.97 Å². The molecule has 0 saturated carbocycles. The number of carbonyl (C=O) groups is 1. The number of hydrazine groups is 1. The summed E-state index contributed by atoms with van der Waals surface area (Å²) in [4.78, 5) is 23.9. The Balaban J connectivity index is 2.07. The van der Waals surface area contributed by atoms with E-state index >= 15 is 0 Å². The molecule has 2 heterocycles. The normalized spacial score (nSPS) is 10.9. The van der Waals surface area contributed by atoms with E-state index in [1.54, 1.807) is 24.5 Å². The molecule has 2 aromatic heterocycles. The number of anilines is 3. The van der Waals surface area contributed by atoms with Crippen LogP contribution in [0.2, 0.25) is 0 Å². The third-order valence-electron chi connectivity index (χ3n) is 2.61. The van der Waals surface area contributed by atoms with Crippen molar-refractivity contribution >= 4 is 23.2 Å². The molecule has 0 saturated heterocycles. The predicted octanol–water partition coefficient (Wildman–Crippen LogP) is 1.42. The highest BCUT2D eigenvalue weighted by molar-refractivity contribution is 5.95. The van der Waals surface area contributed by atoms with Gasteiger partial charge in [-0.3, -0.25) is 20.6 Å². The zero-order chi connectivity index (χ0) is 16.2. The summed E-state index contributed by atoms with van der Waals surface area (Å²) in [6.45, 7) is 5.98. The van der Waals surface area contributed by atoms with E-state index in [1.165, 1.54) is 6.33 Å². The van der Waals surface area contributed by atoms with E-state index in [-0.39, 0.29) is 11.4 Å². The van der Waals surface area contributed by atoms with Gasteiger partial charge in [-0.1, -0.05) is 0 Å². The topological polar surface area (TPSA) is 118 Å². The zero-order valence-electron chi connectivity index (χ0n) is 12.7. The van der Waals surface area contributed by atoms with E-state index in [9.17, 15) is 4.79 Å². The van der Waals surface area contributed by atoms with Gasteiger partial charge in [0.1, 0.15) is 12.0 Å². The van der Waals surface area contributed by atoms with Gasteiger partial charge < -0.3 is 11.1 Å². The highest BCUT2D eigenvalue weighted by Crippen LogP contribution is 2.24. The van der Waals surface area contributed by atoms with Gasteiger partial charge in [0, 0.05) is 23.5 Å². The molecular weight excluding hydrogens is 282 g/mol. The molecule has 116 valence electrons. The first-order valence-corrected chi connectivity index (χ1v) is 6.72. The molecule has 0 aliphatic carbocycles. The summed E-state index contributed by atoms with van der Waals surface area (Å²) in [7, 11) is 0. The minimum absolute atomic E-state index is 0.194. The lowest BCUT2D eigenvalue weighted by atomic mass is 10.1. The van der Waals surface area contributed by atoms with Gasteiger partial charge >= 0.3 is 0 Å². The predicted molar refractivity (Wildman–Crippen MR) is 85.1 cm³/mol. The average molecular weight is 301 g/mol. The standard InChI is InChI=1S/C14H19N7O/c1-14(2,3)19-11-10(15)12(18-8-17-11)20-21-13(22)9-4-6-16-7-5-9/h4-8H,15H2,1-3H3,(H,21,22)(H2,17,18,19,20). The van der Waals surface area contributed by atoms with Crippen LogP contribution in [0.5, 0.6) is 0 Å². The number of carbonyl (C=O) groups excluding carboxylic acids is 1. The maximum atomic E-state index is 11.9. The number of hydrogen-bond acceptors (Lipinski definition) is 7. The Morgan fingerprint density at radius 2 is 1.77 bits per heavy atom. The Morgan fingerprint density at radius 1 is 1.14 bits per heavy atom. The van der Waals surface area contributed by atoms with E-state index in [4.69, 9.17) is 5.73 Å². The minimum Gasteiger partial charge on any atom is -0.393 e. The summed E-state index contributed by atoms with van der Waals surface area (Å²) < 4.78 is 0. The van der Waals surface area contributed by atoms with E-state index in [0.717, 1.165) is 0 Å². The largest absolute Gasteiger partial charge is 0.393 e. The summed E-state index contributed by atoms with van der Waals surface area (Å²) in [5.74, 6) is 0.512. The number of aromatic nitrogens is 3. The fourth-order valence-electron chi connectivity index (χ4n) is 1.64. The SMILES string of the molecule is CC(C)(C)Nc1ncnc(NNC(=O)c2ccncc2)c1N. The molecule has 0 unspecified atom stereocenters. The van der Waals surface area contributed by atoms with Crippen molar-refractivity contribution in [3.8, 4) is 0 Å². The second-order valence-electron chi connectivity index (χ2n) is 5.67. The van der Waals surface area contributed by atoms with E-state index in [2.05, 4.69) is 31.1 Å². The highest BCUT2D eigenvalue weighted by Gasteiger charge is 2.15. The second kappa shape index (κ2) is 6.25. The monoisotopic (exact) mass is 301 g/mol. The van der Waals surface area contributed by atoms with E-state index in [0.29, 0.717) is 22.9 Å². The molecule has 0 radical (unpaired) electrons. The molecule has 0 aliphatic rings. The summed E-state index contributed by atoms with van der Waals surface area (Å²) in [6, 6.07) is 3.21. The van der Waals surface area contributed by atoms with Crippen LogP contribution < -0.4 is 21.9 Å². The van der Waals surface area contributed by atoms with Gasteiger partial charge in [0.05, 0.1) is 0 Å². The molecule has 8 heteroatoms. The number of nitrogen functional groups attached to an aromatic ring is 1. The minimum atomic E-state index is -0.314. The van der Waals surface area contributed by atoms with Crippen LogP contribution in [0.3, 0.4) is 0 Å². The number of rotatable bonds is 4. The van der Waals surface area contributed by atoms with Gasteiger partial charge in [0.15, 0.2) is 11.6 Å². The molecule has 2 rings (SSSR count). The van der Waals surface area contributed by atoms with Crippen molar-refractivity contribution in [3.63, 3.8) is 0 Å². The van der Waals surface area contributed by atoms with Crippen molar-refractivity contribution < 1.29 is 4.79 Å². The van der Waals surface area contributed by atoms with Crippen molar-refractivity contribution in [3.05, 3.63) is 36.4 Å². The number of pyridine rings is 1. The summed E-state index contributed by atoms with van der Waals surface area (Å²) in [5.41, 5.74) is 11.8. The van der Waals surface area contributed by atoms with Gasteiger partial charge in [-0.15, -0.1) is 0 Å². The molecule has 0 fully saturated rings. The Kier molecular flexibility index (Phi) is 4.40. The quantitative estimate of drug-likeness (QED) is 0.631. The van der Waals surface area contributed by atoms with Crippen molar-refractivity contribution in [2.24, 2.45) is 0 Å². The van der Waals surface area contributed by atoms with Gasteiger partial charge in [0.2, 0.25) is 0 Å². The highest BCUT2D eigenvalue weighted by atomic mass is 16.2. The van der Waals surface area contributed by atoms with Crippen LogP contribution >= 0.6 is 0 Å². The van der Waals surface area contributed by atoms with Crippen LogP contribution in [0.4, 0.5) is 17.3 Å². The van der Waals surface area contributed by atoms with Crippen molar-refractivity contribution in [1.29, 1.82) is 0 Å². The molecule has 22 heavy (non-hydrogen) atoms. The van der Waals surface area contributed by atoms with Crippen LogP contribution in [0.15, 0.2) is 30.9 Å². The first kappa shape index (κ1) is 15.5. The smallest absolute Gasteiger partial charge is 0.269 e. The number of nitrogens with zero attached hydrogens (tertiary/aromatic N) is 3. The number of amides is 1. The first-order chi connectivity index (χ1) is 10.4. The number of nitrogens with two attached hydrogens (primary N) is 1. The van der Waals surface area contributed by atoms with Crippen LogP contribution in [0, 0.1) is 0 Å². The molecule has 0 aromatic carbocycles. The first-order valence-electron chi connectivity index (χ1n) is 6.72. The summed E-state index contributed by atoms with van der Waals surface area (Å²) >= 11 is 0. The van der Waals surface area contributed by atoms with Crippen molar-refractivity contribution in [1.82, 2.24) is 20.4 Å². The number of hydrogen-bond donors (Lipinski definition) is 4. The third kappa shape index (κ3) is 4.05.